The Hall–Kier alpha value is -0.448. The molecule has 2 heteroatoms. The number of hydrogen-bond acceptors (Lipinski definition) is 1. The first-order valence-electron chi connectivity index (χ1n) is 4.25. The van der Waals surface area contributed by atoms with E-state index in [4.69, 9.17) is 0 Å². The van der Waals surface area contributed by atoms with Gasteiger partial charge in [-0.3, -0.25) is 0 Å². The Labute approximate surface area is 95.3 Å². The van der Waals surface area contributed by atoms with E-state index in [1.165, 1.54) is 8.71 Å². The van der Waals surface area contributed by atoms with Gasteiger partial charge in [-0.05, 0) is 0 Å². The Morgan fingerprint density at radius 3 is 3.00 bits per heavy atom. The van der Waals surface area contributed by atoms with Gasteiger partial charge in [-0.1, -0.05) is 0 Å². The SMILES string of the molecule is C=CC=NC(=C)C1=[C]([Tl])C=CCC1. The number of allylic oxidation sites excluding steroid dienone is 5. The van der Waals surface area contributed by atoms with Crippen LogP contribution in [0.25, 0.3) is 0 Å². The Bertz CT molecular complexity index is 308. The molecule has 0 amide bonds. The topological polar surface area (TPSA) is 12.4 Å². The predicted molar refractivity (Wildman–Crippen MR) is 59.0 cm³/mol. The van der Waals surface area contributed by atoms with Crippen LogP contribution in [0, 0.1) is 0 Å². The summed E-state index contributed by atoms with van der Waals surface area (Å²) in [5.41, 5.74) is 2.24. The Balaban J connectivity index is 2.81. The van der Waals surface area contributed by atoms with Crippen LogP contribution in [0.4, 0.5) is 0 Å². The Morgan fingerprint density at radius 1 is 1.62 bits per heavy atom. The van der Waals surface area contributed by atoms with Gasteiger partial charge >= 0.3 is 95.6 Å². The third-order valence-corrected chi connectivity index (χ3v) is 3.99. The van der Waals surface area contributed by atoms with Crippen molar-refractivity contribution in [2.24, 2.45) is 4.99 Å². The first-order valence-corrected chi connectivity index (χ1v) is 6.49. The van der Waals surface area contributed by atoms with Crippen LogP contribution in [0.3, 0.4) is 0 Å². The van der Waals surface area contributed by atoms with Crippen LogP contribution >= 0.6 is 0 Å². The molecule has 13 heavy (non-hydrogen) atoms. The third-order valence-electron chi connectivity index (χ3n) is 1.89. The molecule has 0 spiro atoms. The van der Waals surface area contributed by atoms with E-state index in [1.807, 2.05) is 0 Å². The quantitative estimate of drug-likeness (QED) is 0.540. The van der Waals surface area contributed by atoms with Gasteiger partial charge in [0.15, 0.2) is 0 Å². The van der Waals surface area contributed by atoms with E-state index < -0.39 is 0 Å². The van der Waals surface area contributed by atoms with Crippen LogP contribution in [0.1, 0.15) is 12.8 Å². The summed E-state index contributed by atoms with van der Waals surface area (Å²) in [5.74, 6) is 0. The van der Waals surface area contributed by atoms with Gasteiger partial charge in [0.25, 0.3) is 0 Å². The number of hydrogen-bond donors (Lipinski definition) is 0. The minimum atomic E-state index is 0.868. The molecule has 1 rings (SSSR count). The second kappa shape index (κ2) is 5.32. The molecule has 0 bridgehead atoms. The molecule has 0 heterocycles. The van der Waals surface area contributed by atoms with E-state index in [1.54, 1.807) is 12.3 Å². The van der Waals surface area contributed by atoms with E-state index in [-0.39, 0.29) is 0 Å². The molecule has 0 aromatic rings. The summed E-state index contributed by atoms with van der Waals surface area (Å²) in [5, 5.41) is 0. The maximum absolute atomic E-state index is 4.21. The van der Waals surface area contributed by atoms with Crippen molar-refractivity contribution < 1.29 is 0 Å². The second-order valence-corrected chi connectivity index (χ2v) is 5.25. The van der Waals surface area contributed by atoms with Crippen molar-refractivity contribution in [3.05, 3.63) is 45.8 Å². The number of nitrogens with zero attached hydrogens (tertiary/aromatic N) is 1. The monoisotopic (exact) mass is 363 g/mol. The van der Waals surface area contributed by atoms with Gasteiger partial charge in [-0.15, -0.1) is 0 Å². The maximum atomic E-state index is 4.21. The molecule has 1 nitrogen and oxygen atoms in total. The summed E-state index contributed by atoms with van der Waals surface area (Å²) < 4.78 is 1.44. The molecule has 0 aromatic heterocycles. The Morgan fingerprint density at radius 2 is 2.38 bits per heavy atom. The van der Waals surface area contributed by atoms with Crippen LogP contribution in [-0.4, -0.2) is 32.0 Å². The standard InChI is InChI=1S/C11H12N.Tl/c1-3-9-12-10(2)11-7-5-4-6-8-11;/h3-5,9H,1-2,6,8H2;. The second-order valence-electron chi connectivity index (χ2n) is 2.84. The van der Waals surface area contributed by atoms with Crippen molar-refractivity contribution in [1.29, 1.82) is 0 Å². The predicted octanol–water partition coefficient (Wildman–Crippen LogP) is 2.53. The van der Waals surface area contributed by atoms with Gasteiger partial charge in [-0.25, -0.2) is 0 Å². The fourth-order valence-electron chi connectivity index (χ4n) is 1.21. The van der Waals surface area contributed by atoms with Crippen molar-refractivity contribution in [3.8, 4) is 0 Å². The molecular weight excluding hydrogens is 351 g/mol. The first kappa shape index (κ1) is 10.6. The summed E-state index contributed by atoms with van der Waals surface area (Å²) in [4.78, 5) is 4.21. The van der Waals surface area contributed by atoms with E-state index >= 15 is 0 Å². The van der Waals surface area contributed by atoms with E-state index in [0.717, 1.165) is 44.3 Å². The van der Waals surface area contributed by atoms with Crippen LogP contribution in [0.5, 0.6) is 0 Å². The van der Waals surface area contributed by atoms with Crippen molar-refractivity contribution in [1.82, 2.24) is 0 Å². The van der Waals surface area contributed by atoms with Gasteiger partial charge in [0.05, 0.1) is 0 Å². The van der Waals surface area contributed by atoms with Gasteiger partial charge < -0.3 is 0 Å². The molecule has 0 fully saturated rings. The van der Waals surface area contributed by atoms with Crippen LogP contribution in [-0.2, 0) is 0 Å². The van der Waals surface area contributed by atoms with Gasteiger partial charge in [0.2, 0.25) is 0 Å². The van der Waals surface area contributed by atoms with Crippen LogP contribution < -0.4 is 0 Å². The zero-order valence-corrected chi connectivity index (χ0v) is 12.2. The molecule has 0 aliphatic heterocycles. The van der Waals surface area contributed by atoms with Gasteiger partial charge in [-0.2, -0.15) is 0 Å². The molecule has 0 N–H and O–H groups in total. The van der Waals surface area contributed by atoms with Crippen molar-refractivity contribution in [3.63, 3.8) is 0 Å². The van der Waals surface area contributed by atoms with Crippen LogP contribution in [0.2, 0.25) is 0 Å². The van der Waals surface area contributed by atoms with Gasteiger partial charge in [0.1, 0.15) is 0 Å². The molecule has 0 saturated carbocycles. The normalized spacial score (nSPS) is 16.5. The first-order chi connectivity index (χ1) is 6.25. The minimum absolute atomic E-state index is 0.868. The summed E-state index contributed by atoms with van der Waals surface area (Å²) in [7, 11) is 0. The van der Waals surface area contributed by atoms with E-state index in [9.17, 15) is 0 Å². The molecule has 1 aliphatic carbocycles. The van der Waals surface area contributed by atoms with Crippen LogP contribution in [0.15, 0.2) is 50.8 Å². The third kappa shape index (κ3) is 3.06. The van der Waals surface area contributed by atoms with Crippen molar-refractivity contribution in [2.45, 2.75) is 12.8 Å². The molecular formula is C11H12NTl. The van der Waals surface area contributed by atoms with E-state index in [2.05, 4.69) is 30.3 Å². The zero-order chi connectivity index (χ0) is 9.68. The summed E-state index contributed by atoms with van der Waals surface area (Å²) in [6.07, 6.45) is 10.0. The molecule has 0 saturated heterocycles. The zero-order valence-electron chi connectivity index (χ0n) is 7.66. The average Bonchev–Trinajstić information content (AvgIpc) is 2.15. The molecule has 1 aliphatic rings. The molecule has 0 atom stereocenters. The summed E-state index contributed by atoms with van der Waals surface area (Å²) in [6.45, 7) is 7.54. The average molecular weight is 363 g/mol. The molecule has 0 aromatic carbocycles. The fourth-order valence-corrected chi connectivity index (χ4v) is 2.95. The molecule has 64 valence electrons. The number of rotatable bonds is 3. The van der Waals surface area contributed by atoms with Gasteiger partial charge in [0, 0.05) is 0 Å². The Kier molecular flexibility index (Phi) is 4.35. The molecule has 0 radical (unpaired) electrons. The van der Waals surface area contributed by atoms with E-state index in [0.29, 0.717) is 0 Å². The molecule has 0 unspecified atom stereocenters. The summed E-state index contributed by atoms with van der Waals surface area (Å²) >= 11 is 0.868. The fraction of sp³-hybridized carbons (Fsp3) is 0.182. The number of aliphatic imine (C=N–C) groups is 1. The summed E-state index contributed by atoms with van der Waals surface area (Å²) in [6, 6.07) is 0. The van der Waals surface area contributed by atoms with Crippen molar-refractivity contribution >= 4 is 32.0 Å². The van der Waals surface area contributed by atoms with Crippen molar-refractivity contribution in [2.75, 3.05) is 0 Å².